The minimum absolute atomic E-state index is 0.00397. The van der Waals surface area contributed by atoms with Crippen LogP contribution in [0.5, 0.6) is 11.5 Å². The number of hydrogen-bond acceptors (Lipinski definition) is 8. The van der Waals surface area contributed by atoms with E-state index in [1.807, 2.05) is 0 Å². The van der Waals surface area contributed by atoms with Gasteiger partial charge in [0.2, 0.25) is 5.91 Å². The van der Waals surface area contributed by atoms with Gasteiger partial charge in [-0.3, -0.25) is 10.1 Å². The Morgan fingerprint density at radius 1 is 1.10 bits per heavy atom. The van der Waals surface area contributed by atoms with Crippen molar-refractivity contribution in [2.45, 2.75) is 17.7 Å². The number of amides is 1. The molecule has 0 radical (unpaired) electrons. The Labute approximate surface area is 178 Å². The fourth-order valence-electron chi connectivity index (χ4n) is 2.72. The average molecular weight is 449 g/mol. The lowest BCUT2D eigenvalue weighted by Crippen LogP contribution is -2.14. The minimum atomic E-state index is -3.61. The molecule has 0 fully saturated rings. The molecule has 0 saturated carbocycles. The lowest BCUT2D eigenvalue weighted by molar-refractivity contribution is -0.116. The molecule has 0 bridgehead atoms. The van der Waals surface area contributed by atoms with Crippen LogP contribution in [0.3, 0.4) is 0 Å². The van der Waals surface area contributed by atoms with Crippen LogP contribution in [0.1, 0.15) is 12.8 Å². The molecular weight excluding hydrogens is 429 g/mol. The highest BCUT2D eigenvalue weighted by molar-refractivity contribution is 7.91. The number of methoxy groups -OCH3 is 2. The Morgan fingerprint density at radius 2 is 1.84 bits per heavy atom. The number of carbonyl (C=O) groups excluding carboxylic acids is 1. The maximum absolute atomic E-state index is 12.9. The Bertz CT molecular complexity index is 1160. The SMILES string of the molecule is COc1ccc(-c2nnc(NC(=O)CCCS(=O)(=O)c3ccc(F)cc3)o2)c(OC)c1. The monoisotopic (exact) mass is 449 g/mol. The topological polar surface area (TPSA) is 121 Å². The first-order chi connectivity index (χ1) is 14.8. The zero-order chi connectivity index (χ0) is 22.4. The van der Waals surface area contributed by atoms with Crippen LogP contribution in [0.15, 0.2) is 51.8 Å². The molecule has 3 aromatic rings. The largest absolute Gasteiger partial charge is 0.497 e. The van der Waals surface area contributed by atoms with Crippen molar-refractivity contribution in [3.8, 4) is 23.0 Å². The van der Waals surface area contributed by atoms with Crippen LogP contribution in [0.2, 0.25) is 0 Å². The summed E-state index contributed by atoms with van der Waals surface area (Å²) in [4.78, 5) is 12.1. The number of benzene rings is 2. The van der Waals surface area contributed by atoms with E-state index in [0.717, 1.165) is 12.1 Å². The molecule has 1 amide bonds. The number of carbonyl (C=O) groups is 1. The van der Waals surface area contributed by atoms with Gasteiger partial charge in [-0.2, -0.15) is 0 Å². The third-order valence-corrected chi connectivity index (χ3v) is 6.12. The van der Waals surface area contributed by atoms with Crippen molar-refractivity contribution in [2.24, 2.45) is 0 Å². The van der Waals surface area contributed by atoms with Crippen molar-refractivity contribution in [2.75, 3.05) is 25.3 Å². The molecule has 31 heavy (non-hydrogen) atoms. The number of nitrogens with zero attached hydrogens (tertiary/aromatic N) is 2. The van der Waals surface area contributed by atoms with Gasteiger partial charge in [-0.05, 0) is 42.8 Å². The van der Waals surface area contributed by atoms with Crippen LogP contribution in [-0.4, -0.2) is 44.5 Å². The molecule has 1 N–H and O–H groups in total. The van der Waals surface area contributed by atoms with E-state index in [0.29, 0.717) is 17.1 Å². The Morgan fingerprint density at radius 3 is 2.52 bits per heavy atom. The summed E-state index contributed by atoms with van der Waals surface area (Å²) in [6, 6.07) is 9.43. The van der Waals surface area contributed by atoms with E-state index in [1.54, 1.807) is 18.2 Å². The summed E-state index contributed by atoms with van der Waals surface area (Å²) in [5.41, 5.74) is 0.515. The molecule has 3 rings (SSSR count). The summed E-state index contributed by atoms with van der Waals surface area (Å²) in [6.45, 7) is 0. The number of hydrogen-bond donors (Lipinski definition) is 1. The van der Waals surface area contributed by atoms with Crippen LogP contribution < -0.4 is 14.8 Å². The lowest BCUT2D eigenvalue weighted by Gasteiger charge is -2.07. The molecule has 1 heterocycles. The summed E-state index contributed by atoms with van der Waals surface area (Å²) in [5, 5.41) is 10.1. The molecule has 1 aromatic heterocycles. The van der Waals surface area contributed by atoms with E-state index >= 15 is 0 Å². The number of nitrogens with one attached hydrogen (secondary N) is 1. The van der Waals surface area contributed by atoms with Crippen LogP contribution in [0.25, 0.3) is 11.5 Å². The van der Waals surface area contributed by atoms with Crippen LogP contribution in [0, 0.1) is 5.82 Å². The Hall–Kier alpha value is -3.47. The number of ether oxygens (including phenoxy) is 2. The first kappa shape index (κ1) is 22.2. The van der Waals surface area contributed by atoms with Crippen LogP contribution in [0.4, 0.5) is 10.4 Å². The maximum Gasteiger partial charge on any atom is 0.322 e. The van der Waals surface area contributed by atoms with Crippen molar-refractivity contribution in [3.05, 3.63) is 48.3 Å². The van der Waals surface area contributed by atoms with Gasteiger partial charge >= 0.3 is 6.01 Å². The van der Waals surface area contributed by atoms with Gasteiger partial charge in [-0.25, -0.2) is 12.8 Å². The van der Waals surface area contributed by atoms with Crippen LogP contribution >= 0.6 is 0 Å². The molecule has 0 aliphatic carbocycles. The van der Waals surface area contributed by atoms with Crippen molar-refractivity contribution < 1.29 is 31.5 Å². The first-order valence-corrected chi connectivity index (χ1v) is 10.8. The second kappa shape index (κ2) is 9.56. The highest BCUT2D eigenvalue weighted by atomic mass is 32.2. The third-order valence-electron chi connectivity index (χ3n) is 4.30. The number of rotatable bonds is 9. The van der Waals surface area contributed by atoms with Crippen molar-refractivity contribution in [1.29, 1.82) is 0 Å². The highest BCUT2D eigenvalue weighted by Crippen LogP contribution is 2.33. The zero-order valence-electron chi connectivity index (χ0n) is 16.8. The number of aromatic nitrogens is 2. The number of halogens is 1. The van der Waals surface area contributed by atoms with E-state index in [4.69, 9.17) is 13.9 Å². The second-order valence-electron chi connectivity index (χ2n) is 6.40. The fraction of sp³-hybridized carbons (Fsp3) is 0.250. The van der Waals surface area contributed by atoms with Gasteiger partial charge in [-0.15, -0.1) is 5.10 Å². The Balaban J connectivity index is 1.57. The van der Waals surface area contributed by atoms with Crippen molar-refractivity contribution in [3.63, 3.8) is 0 Å². The first-order valence-electron chi connectivity index (χ1n) is 9.16. The molecule has 0 aliphatic heterocycles. The number of sulfone groups is 1. The molecule has 9 nitrogen and oxygen atoms in total. The average Bonchev–Trinajstić information content (AvgIpc) is 3.21. The zero-order valence-corrected chi connectivity index (χ0v) is 17.6. The van der Waals surface area contributed by atoms with Gasteiger partial charge < -0.3 is 13.9 Å². The molecule has 164 valence electrons. The molecule has 0 spiro atoms. The fourth-order valence-corrected chi connectivity index (χ4v) is 4.03. The van der Waals surface area contributed by atoms with E-state index in [2.05, 4.69) is 15.5 Å². The second-order valence-corrected chi connectivity index (χ2v) is 8.51. The summed E-state index contributed by atoms with van der Waals surface area (Å²) in [5.74, 6) is -0.0926. The molecule has 0 atom stereocenters. The standard InChI is InChI=1S/C20H20FN3O6S/c1-28-14-7-10-16(17(12-14)29-2)19-23-24-20(30-19)22-18(25)4-3-11-31(26,27)15-8-5-13(21)6-9-15/h5-10,12H,3-4,11H2,1-2H3,(H,22,24,25). The molecular formula is C20H20FN3O6S. The third kappa shape index (κ3) is 5.57. The molecule has 2 aromatic carbocycles. The minimum Gasteiger partial charge on any atom is -0.497 e. The predicted molar refractivity (Wildman–Crippen MR) is 109 cm³/mol. The van der Waals surface area contributed by atoms with E-state index in [1.165, 1.54) is 26.4 Å². The summed E-state index contributed by atoms with van der Waals surface area (Å²) < 4.78 is 53.3. The van der Waals surface area contributed by atoms with E-state index < -0.39 is 21.6 Å². The van der Waals surface area contributed by atoms with Gasteiger partial charge in [0.05, 0.1) is 30.4 Å². The van der Waals surface area contributed by atoms with E-state index in [9.17, 15) is 17.6 Å². The van der Waals surface area contributed by atoms with E-state index in [-0.39, 0.29) is 35.4 Å². The van der Waals surface area contributed by atoms with Crippen molar-refractivity contribution >= 4 is 21.8 Å². The normalized spacial score (nSPS) is 11.2. The molecule has 0 aliphatic rings. The molecule has 0 unspecified atom stereocenters. The summed E-state index contributed by atoms with van der Waals surface area (Å²) in [7, 11) is -0.602. The quantitative estimate of drug-likeness (QED) is 0.495. The smallest absolute Gasteiger partial charge is 0.322 e. The molecule has 11 heteroatoms. The van der Waals surface area contributed by atoms with Gasteiger partial charge in [0.1, 0.15) is 17.3 Å². The van der Waals surface area contributed by atoms with Gasteiger partial charge in [0.15, 0.2) is 9.84 Å². The van der Waals surface area contributed by atoms with Gasteiger partial charge in [0, 0.05) is 12.5 Å². The predicted octanol–water partition coefficient (Wildman–Crippen LogP) is 3.09. The summed E-state index contributed by atoms with van der Waals surface area (Å²) >= 11 is 0. The molecule has 0 saturated heterocycles. The Kier molecular flexibility index (Phi) is 6.85. The highest BCUT2D eigenvalue weighted by Gasteiger charge is 2.18. The maximum atomic E-state index is 12.9. The van der Waals surface area contributed by atoms with Crippen LogP contribution in [-0.2, 0) is 14.6 Å². The van der Waals surface area contributed by atoms with Crippen molar-refractivity contribution in [1.82, 2.24) is 10.2 Å². The lowest BCUT2D eigenvalue weighted by atomic mass is 10.2. The van der Waals surface area contributed by atoms with Gasteiger partial charge in [0.25, 0.3) is 5.89 Å². The van der Waals surface area contributed by atoms with Gasteiger partial charge in [-0.1, -0.05) is 5.10 Å². The summed E-state index contributed by atoms with van der Waals surface area (Å²) in [6.07, 6.45) is -0.0111. The number of anilines is 1.